The molecule has 0 spiro atoms. The van der Waals surface area contributed by atoms with Gasteiger partial charge in [-0.25, -0.2) is 0 Å². The van der Waals surface area contributed by atoms with Gasteiger partial charge in [0.25, 0.3) is 0 Å². The highest BCUT2D eigenvalue weighted by Crippen LogP contribution is 2.49. The summed E-state index contributed by atoms with van der Waals surface area (Å²) in [5, 5.41) is 2.60. The van der Waals surface area contributed by atoms with E-state index in [1.165, 1.54) is 66.8 Å². The minimum absolute atomic E-state index is 0.0579. The van der Waals surface area contributed by atoms with Crippen LogP contribution in [0.15, 0.2) is 109 Å². The Labute approximate surface area is 216 Å². The Kier molecular flexibility index (Phi) is 4.03. The summed E-state index contributed by atoms with van der Waals surface area (Å²) >= 11 is 0. The van der Waals surface area contributed by atoms with Gasteiger partial charge >= 0.3 is 0 Å². The predicted molar refractivity (Wildman–Crippen MR) is 157 cm³/mol. The fourth-order valence-corrected chi connectivity index (χ4v) is 6.54. The van der Waals surface area contributed by atoms with Crippen molar-refractivity contribution in [1.82, 2.24) is 4.57 Å². The zero-order valence-corrected chi connectivity index (χ0v) is 20.9. The molecule has 176 valence electrons. The zero-order valence-electron chi connectivity index (χ0n) is 20.9. The van der Waals surface area contributed by atoms with E-state index in [1.54, 1.807) is 0 Å². The minimum atomic E-state index is -0.0579. The monoisotopic (exact) mass is 474 g/mol. The lowest BCUT2D eigenvalue weighted by Gasteiger charge is -2.34. The summed E-state index contributed by atoms with van der Waals surface area (Å²) in [6, 6.07) is 40.0. The lowest BCUT2D eigenvalue weighted by Crippen LogP contribution is -2.26. The fourth-order valence-electron chi connectivity index (χ4n) is 6.54. The standard InChI is InChI=1S/C35H26N2/c1-35(2)28-13-5-8-17-33(28)37-32-21-20-25(22-27(32)26-12-9-14-29(35)34(26)37)36-30-15-6-3-10-23(30)18-19-24-11-4-7-16-31(24)36/h3-22H,1-2H3. The summed E-state index contributed by atoms with van der Waals surface area (Å²) in [7, 11) is 0. The number of benzene rings is 5. The molecular weight excluding hydrogens is 448 g/mol. The largest absolute Gasteiger partial charge is 0.309 e. The number of nitrogens with zero attached hydrogens (tertiary/aromatic N) is 2. The number of aromatic nitrogens is 1. The van der Waals surface area contributed by atoms with Crippen LogP contribution in [0.25, 0.3) is 39.6 Å². The van der Waals surface area contributed by atoms with E-state index in [4.69, 9.17) is 0 Å². The van der Waals surface area contributed by atoms with Gasteiger partial charge in [-0.05, 0) is 58.7 Å². The Hall–Kier alpha value is -4.56. The molecule has 0 fully saturated rings. The number of hydrogen-bond acceptors (Lipinski definition) is 1. The van der Waals surface area contributed by atoms with Crippen LogP contribution in [0.2, 0.25) is 0 Å². The first-order valence-electron chi connectivity index (χ1n) is 13.0. The van der Waals surface area contributed by atoms with E-state index in [2.05, 4.69) is 145 Å². The molecule has 0 amide bonds. The Morgan fingerprint density at radius 2 is 1.16 bits per heavy atom. The first kappa shape index (κ1) is 20.6. The smallest absolute Gasteiger partial charge is 0.0582 e. The van der Waals surface area contributed by atoms with Crippen LogP contribution in [0.1, 0.15) is 36.1 Å². The third kappa shape index (κ3) is 2.70. The summed E-state index contributed by atoms with van der Waals surface area (Å²) in [4.78, 5) is 2.41. The molecule has 2 aliphatic heterocycles. The lowest BCUT2D eigenvalue weighted by molar-refractivity contribution is 0.630. The van der Waals surface area contributed by atoms with Crippen LogP contribution in [0, 0.1) is 0 Å². The average Bonchev–Trinajstić information content (AvgIpc) is 3.16. The summed E-state index contributed by atoms with van der Waals surface area (Å²) in [5.74, 6) is 0. The van der Waals surface area contributed by atoms with Crippen molar-refractivity contribution in [3.8, 4) is 5.69 Å². The van der Waals surface area contributed by atoms with E-state index >= 15 is 0 Å². The Morgan fingerprint density at radius 3 is 1.89 bits per heavy atom. The molecule has 0 saturated heterocycles. The molecule has 2 nitrogen and oxygen atoms in total. The van der Waals surface area contributed by atoms with E-state index in [0.29, 0.717) is 0 Å². The van der Waals surface area contributed by atoms with Gasteiger partial charge in [0.2, 0.25) is 0 Å². The number of rotatable bonds is 1. The zero-order chi connectivity index (χ0) is 24.7. The van der Waals surface area contributed by atoms with Crippen LogP contribution in [0.5, 0.6) is 0 Å². The molecule has 37 heavy (non-hydrogen) atoms. The molecule has 3 heterocycles. The molecule has 1 aromatic heterocycles. The molecule has 0 saturated carbocycles. The Balaban J connectivity index is 1.46. The summed E-state index contributed by atoms with van der Waals surface area (Å²) < 4.78 is 2.48. The number of anilines is 3. The van der Waals surface area contributed by atoms with Crippen LogP contribution in [0.3, 0.4) is 0 Å². The van der Waals surface area contributed by atoms with Crippen LogP contribution >= 0.6 is 0 Å². The van der Waals surface area contributed by atoms with Gasteiger partial charge in [-0.1, -0.05) is 98.8 Å². The SMILES string of the molecule is CC1(C)c2ccccc2-n2c3ccc(N4c5ccccc5C=Cc5ccccc54)cc3c3cccc1c32. The van der Waals surface area contributed by atoms with Crippen LogP contribution < -0.4 is 4.90 Å². The van der Waals surface area contributed by atoms with Crippen molar-refractivity contribution < 1.29 is 0 Å². The molecule has 0 atom stereocenters. The van der Waals surface area contributed by atoms with Gasteiger partial charge in [-0.3, -0.25) is 0 Å². The molecule has 8 rings (SSSR count). The molecule has 5 aromatic carbocycles. The van der Waals surface area contributed by atoms with Gasteiger partial charge in [0.15, 0.2) is 0 Å². The maximum absolute atomic E-state index is 2.48. The summed E-state index contributed by atoms with van der Waals surface area (Å²) in [6.07, 6.45) is 4.46. The highest BCUT2D eigenvalue weighted by atomic mass is 15.1. The topological polar surface area (TPSA) is 8.17 Å². The molecule has 0 unspecified atom stereocenters. The van der Waals surface area contributed by atoms with Crippen molar-refractivity contribution in [1.29, 1.82) is 0 Å². The van der Waals surface area contributed by atoms with E-state index in [1.807, 2.05) is 0 Å². The Morgan fingerprint density at radius 1 is 0.541 bits per heavy atom. The highest BCUT2D eigenvalue weighted by Gasteiger charge is 2.35. The molecule has 6 aromatic rings. The highest BCUT2D eigenvalue weighted by molar-refractivity contribution is 6.13. The molecule has 2 heteroatoms. The first-order valence-corrected chi connectivity index (χ1v) is 13.0. The summed E-state index contributed by atoms with van der Waals surface area (Å²) in [5.41, 5.74) is 12.6. The molecular formula is C35H26N2. The van der Waals surface area contributed by atoms with E-state index in [-0.39, 0.29) is 5.41 Å². The average molecular weight is 475 g/mol. The van der Waals surface area contributed by atoms with Crippen molar-refractivity contribution >= 4 is 51.0 Å². The quantitative estimate of drug-likeness (QED) is 0.230. The maximum Gasteiger partial charge on any atom is 0.0582 e. The van der Waals surface area contributed by atoms with Gasteiger partial charge in [0.05, 0.1) is 28.1 Å². The minimum Gasteiger partial charge on any atom is -0.309 e. The third-order valence-electron chi connectivity index (χ3n) is 8.32. The van der Waals surface area contributed by atoms with Crippen LogP contribution in [-0.4, -0.2) is 4.57 Å². The number of para-hydroxylation sites is 4. The third-order valence-corrected chi connectivity index (χ3v) is 8.32. The predicted octanol–water partition coefficient (Wildman–Crippen LogP) is 9.38. The molecule has 2 aliphatic rings. The first-order chi connectivity index (χ1) is 18.1. The van der Waals surface area contributed by atoms with Gasteiger partial charge in [-0.15, -0.1) is 0 Å². The normalized spacial score (nSPS) is 14.8. The lowest BCUT2D eigenvalue weighted by atomic mass is 9.75. The molecule has 0 aliphatic carbocycles. The molecule has 0 bridgehead atoms. The maximum atomic E-state index is 2.48. The van der Waals surface area contributed by atoms with Gasteiger partial charge in [0.1, 0.15) is 0 Å². The van der Waals surface area contributed by atoms with Crippen molar-refractivity contribution in [2.45, 2.75) is 19.3 Å². The van der Waals surface area contributed by atoms with E-state index in [9.17, 15) is 0 Å². The van der Waals surface area contributed by atoms with Gasteiger partial charge in [-0.2, -0.15) is 0 Å². The summed E-state index contributed by atoms with van der Waals surface area (Å²) in [6.45, 7) is 4.70. The van der Waals surface area contributed by atoms with E-state index in [0.717, 1.165) is 0 Å². The van der Waals surface area contributed by atoms with E-state index < -0.39 is 0 Å². The second kappa shape index (κ2) is 7.24. The second-order valence-corrected chi connectivity index (χ2v) is 10.7. The molecule has 0 N–H and O–H groups in total. The molecule has 0 radical (unpaired) electrons. The van der Waals surface area contributed by atoms with Crippen LogP contribution in [0.4, 0.5) is 17.1 Å². The van der Waals surface area contributed by atoms with Crippen molar-refractivity contribution in [3.63, 3.8) is 0 Å². The van der Waals surface area contributed by atoms with Crippen molar-refractivity contribution in [2.75, 3.05) is 4.90 Å². The van der Waals surface area contributed by atoms with Gasteiger partial charge in [0, 0.05) is 21.9 Å². The number of hydrogen-bond donors (Lipinski definition) is 0. The van der Waals surface area contributed by atoms with Crippen LogP contribution in [-0.2, 0) is 5.41 Å². The van der Waals surface area contributed by atoms with Gasteiger partial charge < -0.3 is 9.47 Å². The van der Waals surface area contributed by atoms with Crippen molar-refractivity contribution in [3.05, 3.63) is 131 Å². The number of fused-ring (bicyclic) bond motifs is 7. The Bertz CT molecular complexity index is 1870. The van der Waals surface area contributed by atoms with Crippen molar-refractivity contribution in [2.24, 2.45) is 0 Å². The fraction of sp³-hybridized carbons (Fsp3) is 0.0857. The second-order valence-electron chi connectivity index (χ2n) is 10.7.